The molecule has 3 aromatic rings. The molecule has 3 heteroatoms. The van der Waals surface area contributed by atoms with Crippen LogP contribution in [0.1, 0.15) is 16.7 Å². The first kappa shape index (κ1) is 12.8. The molecule has 0 amide bonds. The predicted molar refractivity (Wildman–Crippen MR) is 81.7 cm³/mol. The highest BCUT2D eigenvalue weighted by atomic mass is 16.5. The summed E-state index contributed by atoms with van der Waals surface area (Å²) in [5, 5.41) is 1.19. The van der Waals surface area contributed by atoms with Crippen molar-refractivity contribution in [1.29, 1.82) is 0 Å². The molecule has 0 fully saturated rings. The summed E-state index contributed by atoms with van der Waals surface area (Å²) in [7, 11) is 0. The molecular formula is C17H18N2O. The van der Waals surface area contributed by atoms with Gasteiger partial charge in [-0.2, -0.15) is 0 Å². The fourth-order valence-electron chi connectivity index (χ4n) is 2.35. The van der Waals surface area contributed by atoms with E-state index in [2.05, 4.69) is 36.2 Å². The van der Waals surface area contributed by atoms with Crippen molar-refractivity contribution in [2.24, 2.45) is 5.73 Å². The summed E-state index contributed by atoms with van der Waals surface area (Å²) in [4.78, 5) is 3.28. The largest absolute Gasteiger partial charge is 0.489 e. The molecule has 0 spiro atoms. The average molecular weight is 266 g/mol. The lowest BCUT2D eigenvalue weighted by atomic mass is 10.1. The van der Waals surface area contributed by atoms with E-state index in [-0.39, 0.29) is 0 Å². The van der Waals surface area contributed by atoms with Crippen molar-refractivity contribution < 1.29 is 4.74 Å². The SMILES string of the molecule is Cc1ccccc1OCc1c[nH]c2cc(CN)ccc12. The molecule has 0 aliphatic carbocycles. The maximum atomic E-state index is 5.90. The summed E-state index contributed by atoms with van der Waals surface area (Å²) >= 11 is 0. The third kappa shape index (κ3) is 2.40. The molecule has 102 valence electrons. The number of aromatic nitrogens is 1. The molecule has 0 radical (unpaired) electrons. The zero-order chi connectivity index (χ0) is 13.9. The van der Waals surface area contributed by atoms with E-state index in [9.17, 15) is 0 Å². The van der Waals surface area contributed by atoms with Crippen molar-refractivity contribution >= 4 is 10.9 Å². The molecular weight excluding hydrogens is 248 g/mol. The van der Waals surface area contributed by atoms with Crippen molar-refractivity contribution in [2.45, 2.75) is 20.1 Å². The number of benzene rings is 2. The lowest BCUT2D eigenvalue weighted by Crippen LogP contribution is -1.97. The zero-order valence-corrected chi connectivity index (χ0v) is 11.5. The van der Waals surface area contributed by atoms with E-state index in [1.54, 1.807) is 0 Å². The molecule has 0 aliphatic heterocycles. The highest BCUT2D eigenvalue weighted by molar-refractivity contribution is 5.83. The van der Waals surface area contributed by atoms with Gasteiger partial charge >= 0.3 is 0 Å². The second kappa shape index (κ2) is 5.39. The van der Waals surface area contributed by atoms with Gasteiger partial charge in [-0.1, -0.05) is 30.3 Å². The minimum Gasteiger partial charge on any atom is -0.489 e. The van der Waals surface area contributed by atoms with Crippen LogP contribution in [-0.4, -0.2) is 4.98 Å². The van der Waals surface area contributed by atoms with Gasteiger partial charge in [0.15, 0.2) is 0 Å². The molecule has 0 saturated carbocycles. The number of ether oxygens (including phenoxy) is 1. The van der Waals surface area contributed by atoms with Gasteiger partial charge in [0, 0.05) is 29.2 Å². The number of hydrogen-bond acceptors (Lipinski definition) is 2. The normalized spacial score (nSPS) is 10.9. The van der Waals surface area contributed by atoms with E-state index >= 15 is 0 Å². The lowest BCUT2D eigenvalue weighted by molar-refractivity contribution is 0.305. The van der Waals surface area contributed by atoms with Crippen molar-refractivity contribution in [1.82, 2.24) is 4.98 Å². The van der Waals surface area contributed by atoms with Crippen LogP contribution in [-0.2, 0) is 13.2 Å². The Bertz CT molecular complexity index is 731. The Balaban J connectivity index is 1.83. The Kier molecular flexibility index (Phi) is 3.44. The van der Waals surface area contributed by atoms with Crippen LogP contribution >= 0.6 is 0 Å². The monoisotopic (exact) mass is 266 g/mol. The molecule has 0 atom stereocenters. The second-order valence-corrected chi connectivity index (χ2v) is 4.95. The second-order valence-electron chi connectivity index (χ2n) is 4.95. The van der Waals surface area contributed by atoms with Crippen LogP contribution in [0.15, 0.2) is 48.7 Å². The van der Waals surface area contributed by atoms with Crippen LogP contribution in [0, 0.1) is 6.92 Å². The minimum atomic E-state index is 0.560. The number of aryl methyl sites for hydroxylation is 1. The fraction of sp³-hybridized carbons (Fsp3) is 0.176. The molecule has 0 bridgehead atoms. The number of aromatic amines is 1. The van der Waals surface area contributed by atoms with Crippen LogP contribution in [0.2, 0.25) is 0 Å². The first-order valence-electron chi connectivity index (χ1n) is 6.75. The Morgan fingerprint density at radius 1 is 1.15 bits per heavy atom. The molecule has 2 aromatic carbocycles. The Morgan fingerprint density at radius 3 is 2.80 bits per heavy atom. The molecule has 1 heterocycles. The molecule has 20 heavy (non-hydrogen) atoms. The quantitative estimate of drug-likeness (QED) is 0.759. The van der Waals surface area contributed by atoms with Crippen molar-refractivity contribution in [2.75, 3.05) is 0 Å². The number of nitrogens with two attached hydrogens (primary N) is 1. The summed E-state index contributed by atoms with van der Waals surface area (Å²) in [5.41, 5.74) is 10.2. The van der Waals surface area contributed by atoms with E-state index in [0.29, 0.717) is 13.2 Å². The Labute approximate surface area is 118 Å². The number of rotatable bonds is 4. The van der Waals surface area contributed by atoms with Gasteiger partial charge < -0.3 is 15.5 Å². The first-order chi connectivity index (χ1) is 9.78. The summed E-state index contributed by atoms with van der Waals surface area (Å²) < 4.78 is 5.90. The third-order valence-electron chi connectivity index (χ3n) is 3.54. The first-order valence-corrected chi connectivity index (χ1v) is 6.75. The van der Waals surface area contributed by atoms with Gasteiger partial charge in [0.2, 0.25) is 0 Å². The number of fused-ring (bicyclic) bond motifs is 1. The van der Waals surface area contributed by atoms with Gasteiger partial charge in [0.25, 0.3) is 0 Å². The van der Waals surface area contributed by atoms with Gasteiger partial charge in [0.05, 0.1) is 0 Å². The van der Waals surface area contributed by atoms with E-state index in [4.69, 9.17) is 10.5 Å². The fourth-order valence-corrected chi connectivity index (χ4v) is 2.35. The topological polar surface area (TPSA) is 51.0 Å². The summed E-state index contributed by atoms with van der Waals surface area (Å²) in [6, 6.07) is 14.3. The Morgan fingerprint density at radius 2 is 2.00 bits per heavy atom. The molecule has 0 unspecified atom stereocenters. The molecule has 0 saturated heterocycles. The van der Waals surface area contributed by atoms with Crippen LogP contribution in [0.5, 0.6) is 5.75 Å². The van der Waals surface area contributed by atoms with Gasteiger partial charge in [-0.25, -0.2) is 0 Å². The minimum absolute atomic E-state index is 0.560. The van der Waals surface area contributed by atoms with Gasteiger partial charge in [-0.05, 0) is 30.2 Å². The highest BCUT2D eigenvalue weighted by Gasteiger charge is 2.06. The van der Waals surface area contributed by atoms with E-state index < -0.39 is 0 Å². The van der Waals surface area contributed by atoms with E-state index in [1.165, 1.54) is 5.39 Å². The maximum Gasteiger partial charge on any atom is 0.122 e. The average Bonchev–Trinajstić information content (AvgIpc) is 2.88. The van der Waals surface area contributed by atoms with Crippen molar-refractivity contribution in [3.05, 3.63) is 65.4 Å². The van der Waals surface area contributed by atoms with Crippen molar-refractivity contribution in [3.8, 4) is 5.75 Å². The lowest BCUT2D eigenvalue weighted by Gasteiger charge is -2.08. The number of H-pyrrole nitrogens is 1. The van der Waals surface area contributed by atoms with Crippen LogP contribution in [0.3, 0.4) is 0 Å². The smallest absolute Gasteiger partial charge is 0.122 e. The maximum absolute atomic E-state index is 5.90. The van der Waals surface area contributed by atoms with E-state index in [0.717, 1.165) is 28.0 Å². The van der Waals surface area contributed by atoms with Crippen LogP contribution in [0.25, 0.3) is 10.9 Å². The Hall–Kier alpha value is -2.26. The molecule has 3 nitrogen and oxygen atoms in total. The van der Waals surface area contributed by atoms with Gasteiger partial charge in [0.1, 0.15) is 12.4 Å². The van der Waals surface area contributed by atoms with Gasteiger partial charge in [-0.3, -0.25) is 0 Å². The van der Waals surface area contributed by atoms with Crippen molar-refractivity contribution in [3.63, 3.8) is 0 Å². The van der Waals surface area contributed by atoms with E-state index in [1.807, 2.05) is 24.4 Å². The highest BCUT2D eigenvalue weighted by Crippen LogP contribution is 2.23. The standard InChI is InChI=1S/C17H18N2O/c1-12-4-2-3-5-17(12)20-11-14-10-19-16-8-13(9-18)6-7-15(14)16/h2-8,10,19H,9,11,18H2,1H3. The van der Waals surface area contributed by atoms with Crippen LogP contribution < -0.4 is 10.5 Å². The molecule has 1 aromatic heterocycles. The molecule has 3 N–H and O–H groups in total. The molecule has 3 rings (SSSR count). The predicted octanol–water partition coefficient (Wildman–Crippen LogP) is 3.51. The molecule has 0 aliphatic rings. The van der Waals surface area contributed by atoms with Gasteiger partial charge in [-0.15, -0.1) is 0 Å². The van der Waals surface area contributed by atoms with Crippen LogP contribution in [0.4, 0.5) is 0 Å². The summed E-state index contributed by atoms with van der Waals surface area (Å²) in [6.07, 6.45) is 2.00. The summed E-state index contributed by atoms with van der Waals surface area (Å²) in [5.74, 6) is 0.931. The number of nitrogens with one attached hydrogen (secondary N) is 1. The number of hydrogen-bond donors (Lipinski definition) is 2. The summed E-state index contributed by atoms with van der Waals surface area (Å²) in [6.45, 7) is 3.18. The zero-order valence-electron chi connectivity index (χ0n) is 11.5. The number of para-hydroxylation sites is 1. The third-order valence-corrected chi connectivity index (χ3v) is 3.54.